The third kappa shape index (κ3) is 2.21. The quantitative estimate of drug-likeness (QED) is 0.800. The van der Waals surface area contributed by atoms with E-state index < -0.39 is 0 Å². The molecule has 15 heavy (non-hydrogen) atoms. The Kier molecular flexibility index (Phi) is 3.08. The molecule has 82 valence electrons. The first-order chi connectivity index (χ1) is 7.18. The van der Waals surface area contributed by atoms with Crippen LogP contribution in [0.15, 0.2) is 30.3 Å². The van der Waals surface area contributed by atoms with Gasteiger partial charge in [-0.15, -0.1) is 0 Å². The summed E-state index contributed by atoms with van der Waals surface area (Å²) < 4.78 is 0. The molecule has 1 aromatic rings. The molecule has 0 bridgehead atoms. The summed E-state index contributed by atoms with van der Waals surface area (Å²) in [6.45, 7) is 5.56. The van der Waals surface area contributed by atoms with Crippen molar-refractivity contribution in [3.05, 3.63) is 35.9 Å². The van der Waals surface area contributed by atoms with Crippen LogP contribution in [0.5, 0.6) is 0 Å². The maximum absolute atomic E-state index is 5.99. The van der Waals surface area contributed by atoms with Crippen molar-refractivity contribution in [2.24, 2.45) is 5.73 Å². The van der Waals surface area contributed by atoms with Crippen molar-refractivity contribution in [3.8, 4) is 0 Å². The molecule has 1 aliphatic heterocycles. The van der Waals surface area contributed by atoms with Crippen LogP contribution in [0.2, 0.25) is 0 Å². The summed E-state index contributed by atoms with van der Waals surface area (Å²) in [5, 5.41) is 0. The van der Waals surface area contributed by atoms with Gasteiger partial charge in [0, 0.05) is 24.7 Å². The monoisotopic (exact) mass is 204 g/mol. The summed E-state index contributed by atoms with van der Waals surface area (Å²) in [5.41, 5.74) is 7.38. The lowest BCUT2D eigenvalue weighted by Crippen LogP contribution is -2.31. The van der Waals surface area contributed by atoms with Crippen LogP contribution in [0, 0.1) is 0 Å². The van der Waals surface area contributed by atoms with Crippen molar-refractivity contribution in [3.63, 3.8) is 0 Å². The lowest BCUT2D eigenvalue weighted by atomic mass is 10.1. The third-order valence-electron chi connectivity index (χ3n) is 3.43. The van der Waals surface area contributed by atoms with Gasteiger partial charge in [-0.1, -0.05) is 30.3 Å². The highest BCUT2D eigenvalue weighted by molar-refractivity contribution is 5.19. The maximum Gasteiger partial charge on any atom is 0.0323 e. The topological polar surface area (TPSA) is 29.3 Å². The molecular formula is C13H20N2. The van der Waals surface area contributed by atoms with Crippen LogP contribution in [0.3, 0.4) is 0 Å². The molecule has 2 rings (SSSR count). The predicted octanol–water partition coefficient (Wildman–Crippen LogP) is 2.17. The average molecular weight is 204 g/mol. The van der Waals surface area contributed by atoms with E-state index in [4.69, 9.17) is 5.73 Å². The van der Waals surface area contributed by atoms with Crippen molar-refractivity contribution < 1.29 is 0 Å². The van der Waals surface area contributed by atoms with Gasteiger partial charge in [0.25, 0.3) is 0 Å². The standard InChI is InChI=1S/C13H20N2/c1-10-8-13(14)9-15(10)11(2)12-6-4-3-5-7-12/h3-7,10-11,13H,8-9,14H2,1-2H3. The van der Waals surface area contributed by atoms with Crippen LogP contribution < -0.4 is 5.73 Å². The molecular weight excluding hydrogens is 184 g/mol. The van der Waals surface area contributed by atoms with Gasteiger partial charge >= 0.3 is 0 Å². The zero-order valence-electron chi connectivity index (χ0n) is 9.56. The summed E-state index contributed by atoms with van der Waals surface area (Å²) in [5.74, 6) is 0. The van der Waals surface area contributed by atoms with E-state index >= 15 is 0 Å². The minimum Gasteiger partial charge on any atom is -0.326 e. The highest BCUT2D eigenvalue weighted by Gasteiger charge is 2.30. The second kappa shape index (κ2) is 4.33. The molecule has 0 spiro atoms. The molecule has 1 fully saturated rings. The van der Waals surface area contributed by atoms with E-state index in [0.29, 0.717) is 18.1 Å². The highest BCUT2D eigenvalue weighted by Crippen LogP contribution is 2.28. The molecule has 0 amide bonds. The van der Waals surface area contributed by atoms with Gasteiger partial charge < -0.3 is 5.73 Å². The summed E-state index contributed by atoms with van der Waals surface area (Å²) in [6, 6.07) is 12.1. The predicted molar refractivity (Wildman–Crippen MR) is 63.6 cm³/mol. The van der Waals surface area contributed by atoms with Crippen molar-refractivity contribution in [2.45, 2.75) is 38.4 Å². The lowest BCUT2D eigenvalue weighted by molar-refractivity contribution is 0.203. The fourth-order valence-corrected chi connectivity index (χ4v) is 2.56. The molecule has 2 heteroatoms. The number of nitrogens with two attached hydrogens (primary N) is 1. The van der Waals surface area contributed by atoms with Gasteiger partial charge in [0.2, 0.25) is 0 Å². The minimum absolute atomic E-state index is 0.353. The van der Waals surface area contributed by atoms with Crippen LogP contribution in [0.25, 0.3) is 0 Å². The number of hydrogen-bond acceptors (Lipinski definition) is 2. The molecule has 0 saturated carbocycles. The van der Waals surface area contributed by atoms with Gasteiger partial charge in [0.1, 0.15) is 0 Å². The molecule has 1 aromatic carbocycles. The largest absolute Gasteiger partial charge is 0.326 e. The Balaban J connectivity index is 2.11. The zero-order valence-corrected chi connectivity index (χ0v) is 9.56. The maximum atomic E-state index is 5.99. The molecule has 2 nitrogen and oxygen atoms in total. The van der Waals surface area contributed by atoms with Gasteiger partial charge in [-0.05, 0) is 25.8 Å². The van der Waals surface area contributed by atoms with Gasteiger partial charge in [-0.2, -0.15) is 0 Å². The number of likely N-dealkylation sites (tertiary alicyclic amines) is 1. The van der Waals surface area contributed by atoms with Gasteiger partial charge in [0.15, 0.2) is 0 Å². The van der Waals surface area contributed by atoms with Crippen LogP contribution in [0.4, 0.5) is 0 Å². The second-order valence-corrected chi connectivity index (χ2v) is 4.63. The number of nitrogens with zero attached hydrogens (tertiary/aromatic N) is 1. The fourth-order valence-electron chi connectivity index (χ4n) is 2.56. The number of hydrogen-bond donors (Lipinski definition) is 1. The average Bonchev–Trinajstić information content (AvgIpc) is 2.58. The van der Waals surface area contributed by atoms with Crippen LogP contribution in [-0.2, 0) is 0 Å². The van der Waals surface area contributed by atoms with E-state index in [2.05, 4.69) is 49.1 Å². The first-order valence-electron chi connectivity index (χ1n) is 5.74. The van der Waals surface area contributed by atoms with Crippen LogP contribution in [-0.4, -0.2) is 23.5 Å². The van der Waals surface area contributed by atoms with E-state index in [1.807, 2.05) is 0 Å². The molecule has 0 aromatic heterocycles. The Morgan fingerprint density at radius 3 is 2.53 bits per heavy atom. The molecule has 2 N–H and O–H groups in total. The Morgan fingerprint density at radius 1 is 1.33 bits per heavy atom. The molecule has 1 heterocycles. The molecule has 0 radical (unpaired) electrons. The van der Waals surface area contributed by atoms with E-state index in [0.717, 1.165) is 13.0 Å². The molecule has 3 atom stereocenters. The fraction of sp³-hybridized carbons (Fsp3) is 0.538. The van der Waals surface area contributed by atoms with E-state index in [1.165, 1.54) is 5.56 Å². The summed E-state index contributed by atoms with van der Waals surface area (Å²) in [4.78, 5) is 2.50. The van der Waals surface area contributed by atoms with Gasteiger partial charge in [0.05, 0.1) is 0 Å². The minimum atomic E-state index is 0.353. The Bertz CT molecular complexity index is 310. The van der Waals surface area contributed by atoms with Gasteiger partial charge in [-0.3, -0.25) is 4.90 Å². The number of benzene rings is 1. The van der Waals surface area contributed by atoms with Crippen molar-refractivity contribution in [1.82, 2.24) is 4.90 Å². The van der Waals surface area contributed by atoms with Crippen LogP contribution >= 0.6 is 0 Å². The van der Waals surface area contributed by atoms with E-state index in [-0.39, 0.29) is 0 Å². The lowest BCUT2D eigenvalue weighted by Gasteiger charge is -2.28. The summed E-state index contributed by atoms with van der Waals surface area (Å²) in [7, 11) is 0. The first-order valence-corrected chi connectivity index (χ1v) is 5.74. The summed E-state index contributed by atoms with van der Waals surface area (Å²) >= 11 is 0. The summed E-state index contributed by atoms with van der Waals surface area (Å²) in [6.07, 6.45) is 1.12. The Labute approximate surface area is 92.1 Å². The van der Waals surface area contributed by atoms with Crippen molar-refractivity contribution in [2.75, 3.05) is 6.54 Å². The molecule has 1 saturated heterocycles. The first kappa shape index (κ1) is 10.7. The number of rotatable bonds is 2. The smallest absolute Gasteiger partial charge is 0.0323 e. The molecule has 3 unspecified atom stereocenters. The van der Waals surface area contributed by atoms with E-state index in [1.54, 1.807) is 0 Å². The normalized spacial score (nSPS) is 29.3. The van der Waals surface area contributed by atoms with Crippen LogP contribution in [0.1, 0.15) is 31.9 Å². The Morgan fingerprint density at radius 2 is 2.00 bits per heavy atom. The SMILES string of the molecule is CC1CC(N)CN1C(C)c1ccccc1. The third-order valence-corrected chi connectivity index (χ3v) is 3.43. The Hall–Kier alpha value is -0.860. The molecule has 0 aliphatic carbocycles. The van der Waals surface area contributed by atoms with Gasteiger partial charge in [-0.25, -0.2) is 0 Å². The van der Waals surface area contributed by atoms with E-state index in [9.17, 15) is 0 Å². The second-order valence-electron chi connectivity index (χ2n) is 4.63. The van der Waals surface area contributed by atoms with Crippen molar-refractivity contribution in [1.29, 1.82) is 0 Å². The molecule has 1 aliphatic rings. The van der Waals surface area contributed by atoms with Crippen molar-refractivity contribution >= 4 is 0 Å². The highest BCUT2D eigenvalue weighted by atomic mass is 15.2. The zero-order chi connectivity index (χ0) is 10.8.